The number of aromatic amines is 1. The molecule has 164 valence electrons. The minimum Gasteiger partial charge on any atom is -0.346 e. The lowest BCUT2D eigenvalue weighted by Crippen LogP contribution is -2.14. The van der Waals surface area contributed by atoms with Crippen molar-refractivity contribution in [3.63, 3.8) is 0 Å². The first-order chi connectivity index (χ1) is 15.9. The Labute approximate surface area is 190 Å². The molecule has 9 heteroatoms. The number of carbonyl (C=O) groups is 1. The molecule has 1 amide bonds. The second-order valence-corrected chi connectivity index (χ2v) is 9.56. The zero-order chi connectivity index (χ0) is 23.0. The minimum absolute atomic E-state index is 0.0214. The SMILES string of the molecule is N#Cc1ccc(S(=O)(=O)Nc2ccc(-c3cc(NC(=O)C4CC4)nc4[nH]ccc34)cc2)cc1. The van der Waals surface area contributed by atoms with Crippen molar-refractivity contribution >= 4 is 38.5 Å². The van der Waals surface area contributed by atoms with Gasteiger partial charge in [0.05, 0.1) is 16.5 Å². The highest BCUT2D eigenvalue weighted by atomic mass is 32.2. The fourth-order valence-electron chi connectivity index (χ4n) is 3.55. The summed E-state index contributed by atoms with van der Waals surface area (Å²) >= 11 is 0. The second-order valence-electron chi connectivity index (χ2n) is 7.88. The van der Waals surface area contributed by atoms with E-state index in [9.17, 15) is 13.2 Å². The normalized spacial score (nSPS) is 13.4. The molecule has 0 saturated heterocycles. The maximum Gasteiger partial charge on any atom is 0.261 e. The molecule has 0 radical (unpaired) electrons. The Morgan fingerprint density at radius 1 is 1.06 bits per heavy atom. The van der Waals surface area contributed by atoms with Crippen molar-refractivity contribution < 1.29 is 13.2 Å². The zero-order valence-electron chi connectivity index (χ0n) is 17.4. The van der Waals surface area contributed by atoms with Crippen molar-refractivity contribution in [2.45, 2.75) is 17.7 Å². The lowest BCUT2D eigenvalue weighted by molar-refractivity contribution is -0.117. The van der Waals surface area contributed by atoms with Gasteiger partial charge in [0, 0.05) is 23.2 Å². The van der Waals surface area contributed by atoms with Gasteiger partial charge in [-0.3, -0.25) is 9.52 Å². The number of nitrogens with one attached hydrogen (secondary N) is 3. The average Bonchev–Trinajstić information content (AvgIpc) is 3.57. The summed E-state index contributed by atoms with van der Waals surface area (Å²) in [6, 6.07) is 18.4. The molecule has 1 saturated carbocycles. The Bertz CT molecular complexity index is 1500. The average molecular weight is 458 g/mol. The van der Waals surface area contributed by atoms with Crippen LogP contribution in [0.1, 0.15) is 18.4 Å². The smallest absolute Gasteiger partial charge is 0.261 e. The molecule has 2 heterocycles. The van der Waals surface area contributed by atoms with Gasteiger partial charge in [-0.1, -0.05) is 12.1 Å². The number of benzene rings is 2. The predicted octanol–water partition coefficient (Wildman–Crippen LogP) is 4.25. The molecule has 4 aromatic rings. The van der Waals surface area contributed by atoms with Gasteiger partial charge in [0.2, 0.25) is 5.91 Å². The van der Waals surface area contributed by atoms with E-state index in [0.717, 1.165) is 29.4 Å². The van der Waals surface area contributed by atoms with E-state index < -0.39 is 10.0 Å². The lowest BCUT2D eigenvalue weighted by atomic mass is 10.0. The largest absolute Gasteiger partial charge is 0.346 e. The Morgan fingerprint density at radius 3 is 2.45 bits per heavy atom. The Balaban J connectivity index is 1.41. The highest BCUT2D eigenvalue weighted by Crippen LogP contribution is 2.33. The molecule has 0 aliphatic heterocycles. The predicted molar refractivity (Wildman–Crippen MR) is 125 cm³/mol. The first-order valence-electron chi connectivity index (χ1n) is 10.4. The van der Waals surface area contributed by atoms with E-state index in [0.29, 0.717) is 22.7 Å². The van der Waals surface area contributed by atoms with E-state index >= 15 is 0 Å². The molecule has 2 aromatic heterocycles. The molecule has 0 spiro atoms. The van der Waals surface area contributed by atoms with E-state index in [2.05, 4.69) is 20.0 Å². The minimum atomic E-state index is -3.79. The van der Waals surface area contributed by atoms with Crippen molar-refractivity contribution in [3.8, 4) is 17.2 Å². The first-order valence-corrected chi connectivity index (χ1v) is 11.8. The van der Waals surface area contributed by atoms with Crippen molar-refractivity contribution in [1.82, 2.24) is 9.97 Å². The van der Waals surface area contributed by atoms with Gasteiger partial charge in [-0.25, -0.2) is 13.4 Å². The maximum absolute atomic E-state index is 12.7. The van der Waals surface area contributed by atoms with Crippen LogP contribution in [0.3, 0.4) is 0 Å². The Hall–Kier alpha value is -4.16. The number of nitriles is 1. The molecule has 5 rings (SSSR count). The molecule has 1 fully saturated rings. The molecule has 2 aromatic carbocycles. The van der Waals surface area contributed by atoms with E-state index in [1.807, 2.05) is 30.3 Å². The van der Waals surface area contributed by atoms with Crippen LogP contribution in [-0.4, -0.2) is 24.3 Å². The Kier molecular flexibility index (Phi) is 5.07. The molecule has 8 nitrogen and oxygen atoms in total. The summed E-state index contributed by atoms with van der Waals surface area (Å²) in [4.78, 5) is 19.8. The third kappa shape index (κ3) is 4.29. The van der Waals surface area contributed by atoms with Crippen LogP contribution in [0.4, 0.5) is 11.5 Å². The van der Waals surface area contributed by atoms with E-state index in [-0.39, 0.29) is 16.7 Å². The molecule has 1 aliphatic carbocycles. The summed E-state index contributed by atoms with van der Waals surface area (Å²) in [5.74, 6) is 0.521. The summed E-state index contributed by atoms with van der Waals surface area (Å²) in [5, 5.41) is 12.7. The highest BCUT2D eigenvalue weighted by molar-refractivity contribution is 7.92. The van der Waals surface area contributed by atoms with E-state index in [1.165, 1.54) is 24.3 Å². The quantitative estimate of drug-likeness (QED) is 0.399. The summed E-state index contributed by atoms with van der Waals surface area (Å²) in [5.41, 5.74) is 3.17. The van der Waals surface area contributed by atoms with Gasteiger partial charge in [0.25, 0.3) is 10.0 Å². The first kappa shape index (κ1) is 20.7. The molecule has 33 heavy (non-hydrogen) atoms. The van der Waals surface area contributed by atoms with Crippen LogP contribution in [0.25, 0.3) is 22.2 Å². The highest BCUT2D eigenvalue weighted by Gasteiger charge is 2.30. The van der Waals surface area contributed by atoms with Crippen molar-refractivity contribution in [3.05, 3.63) is 72.4 Å². The molecule has 0 bridgehead atoms. The number of aromatic nitrogens is 2. The number of sulfonamides is 1. The van der Waals surface area contributed by atoms with Crippen LogP contribution in [0, 0.1) is 17.2 Å². The summed E-state index contributed by atoms with van der Waals surface area (Å²) in [6.07, 6.45) is 3.60. The number of hydrogen-bond donors (Lipinski definition) is 3. The molecular weight excluding hydrogens is 438 g/mol. The standard InChI is InChI=1S/C24H19N5O3S/c25-14-15-1-9-19(10-2-15)33(31,32)29-18-7-5-16(6-8-18)21-13-22(28-24(30)17-3-4-17)27-23-20(21)11-12-26-23/h1-2,5-13,17,29H,3-4H2,(H2,26,27,28,30). The number of rotatable bonds is 6. The van der Waals surface area contributed by atoms with Gasteiger partial charge in [-0.2, -0.15) is 5.26 Å². The number of anilines is 2. The van der Waals surface area contributed by atoms with Crippen LogP contribution in [0.5, 0.6) is 0 Å². The van der Waals surface area contributed by atoms with Crippen LogP contribution in [-0.2, 0) is 14.8 Å². The van der Waals surface area contributed by atoms with Crippen molar-refractivity contribution in [2.24, 2.45) is 5.92 Å². The zero-order valence-corrected chi connectivity index (χ0v) is 18.2. The molecule has 0 atom stereocenters. The summed E-state index contributed by atoms with van der Waals surface area (Å²) < 4.78 is 27.9. The molecule has 0 unspecified atom stereocenters. The number of amides is 1. The van der Waals surface area contributed by atoms with Crippen LogP contribution in [0.15, 0.2) is 71.8 Å². The van der Waals surface area contributed by atoms with Gasteiger partial charge in [0.1, 0.15) is 11.5 Å². The van der Waals surface area contributed by atoms with Gasteiger partial charge >= 0.3 is 0 Å². The number of nitrogens with zero attached hydrogens (tertiary/aromatic N) is 2. The fourth-order valence-corrected chi connectivity index (χ4v) is 4.61. The molecule has 3 N–H and O–H groups in total. The summed E-state index contributed by atoms with van der Waals surface area (Å²) in [7, 11) is -3.79. The van der Waals surface area contributed by atoms with Gasteiger partial charge in [0.15, 0.2) is 0 Å². The third-order valence-electron chi connectivity index (χ3n) is 5.47. The number of H-pyrrole nitrogens is 1. The molecular formula is C24H19N5O3S. The molecule has 1 aliphatic rings. The lowest BCUT2D eigenvalue weighted by Gasteiger charge is -2.11. The monoisotopic (exact) mass is 457 g/mol. The maximum atomic E-state index is 12.7. The number of pyridine rings is 1. The van der Waals surface area contributed by atoms with Gasteiger partial charge < -0.3 is 10.3 Å². The van der Waals surface area contributed by atoms with Crippen molar-refractivity contribution in [2.75, 3.05) is 10.0 Å². The van der Waals surface area contributed by atoms with Gasteiger partial charge in [-0.05, 0) is 72.5 Å². The van der Waals surface area contributed by atoms with Crippen LogP contribution < -0.4 is 10.0 Å². The fraction of sp³-hybridized carbons (Fsp3) is 0.125. The van der Waals surface area contributed by atoms with E-state index in [1.54, 1.807) is 18.3 Å². The van der Waals surface area contributed by atoms with Crippen molar-refractivity contribution in [1.29, 1.82) is 5.26 Å². The summed E-state index contributed by atoms with van der Waals surface area (Å²) in [6.45, 7) is 0. The topological polar surface area (TPSA) is 128 Å². The number of carbonyl (C=O) groups excluding carboxylic acids is 1. The third-order valence-corrected chi connectivity index (χ3v) is 6.87. The number of fused-ring (bicyclic) bond motifs is 1. The Morgan fingerprint density at radius 2 is 1.79 bits per heavy atom. The second kappa shape index (κ2) is 8.07. The van der Waals surface area contributed by atoms with Crippen LogP contribution >= 0.6 is 0 Å². The van der Waals surface area contributed by atoms with Crippen LogP contribution in [0.2, 0.25) is 0 Å². The van der Waals surface area contributed by atoms with E-state index in [4.69, 9.17) is 5.26 Å². The van der Waals surface area contributed by atoms with Gasteiger partial charge in [-0.15, -0.1) is 0 Å². The number of hydrogen-bond acceptors (Lipinski definition) is 5.